The Bertz CT molecular complexity index is 4220. The van der Waals surface area contributed by atoms with E-state index in [2.05, 4.69) is 292 Å². The van der Waals surface area contributed by atoms with Crippen molar-refractivity contribution >= 4 is 60.4 Å². The smallest absolute Gasteiger partial charge is 0.0541 e. The summed E-state index contributed by atoms with van der Waals surface area (Å²) >= 11 is 0. The number of fused-ring (bicyclic) bond motifs is 8. The molecule has 356 valence electrons. The Hall–Kier alpha value is -9.24. The number of benzene rings is 12. The van der Waals surface area contributed by atoms with Crippen molar-refractivity contribution in [1.29, 1.82) is 0 Å². The molecular formula is C73H54N2. The van der Waals surface area contributed by atoms with Gasteiger partial charge in [0.05, 0.1) is 11.0 Å². The monoisotopic (exact) mass is 958 g/mol. The zero-order valence-corrected chi connectivity index (χ0v) is 42.6. The Morgan fingerprint density at radius 2 is 0.800 bits per heavy atom. The molecule has 75 heavy (non-hydrogen) atoms. The highest BCUT2D eigenvalue weighted by atomic mass is 15.1. The van der Waals surface area contributed by atoms with E-state index in [0.717, 1.165) is 22.7 Å². The van der Waals surface area contributed by atoms with Crippen LogP contribution in [0, 0.1) is 13.8 Å². The predicted octanol–water partition coefficient (Wildman–Crippen LogP) is 20.2. The molecule has 0 radical (unpaired) electrons. The molecule has 0 unspecified atom stereocenters. The first-order valence-corrected chi connectivity index (χ1v) is 26.2. The Labute approximate surface area is 439 Å². The number of hydrogen-bond donors (Lipinski definition) is 0. The van der Waals surface area contributed by atoms with Crippen LogP contribution in [0.25, 0.3) is 105 Å². The summed E-state index contributed by atoms with van der Waals surface area (Å²) in [6.07, 6.45) is 0. The second kappa shape index (κ2) is 17.5. The lowest BCUT2D eigenvalue weighted by atomic mass is 9.80. The molecule has 1 heterocycles. The Kier molecular flexibility index (Phi) is 10.4. The third-order valence-electron chi connectivity index (χ3n) is 16.2. The summed E-state index contributed by atoms with van der Waals surface area (Å²) in [5, 5.41) is 7.53. The van der Waals surface area contributed by atoms with Crippen LogP contribution in [0.3, 0.4) is 0 Å². The van der Waals surface area contributed by atoms with E-state index in [1.807, 2.05) is 0 Å². The van der Waals surface area contributed by atoms with E-state index in [-0.39, 0.29) is 5.41 Å². The molecule has 1 aliphatic carbocycles. The summed E-state index contributed by atoms with van der Waals surface area (Å²) in [7, 11) is 0. The second-order valence-corrected chi connectivity index (χ2v) is 20.9. The van der Waals surface area contributed by atoms with Gasteiger partial charge >= 0.3 is 0 Å². The van der Waals surface area contributed by atoms with Crippen molar-refractivity contribution in [2.75, 3.05) is 4.90 Å². The summed E-state index contributed by atoms with van der Waals surface area (Å²) in [6, 6.07) is 94.3. The summed E-state index contributed by atoms with van der Waals surface area (Å²) < 4.78 is 2.43. The van der Waals surface area contributed by atoms with Crippen molar-refractivity contribution in [3.05, 3.63) is 277 Å². The van der Waals surface area contributed by atoms with E-state index in [1.54, 1.807) is 0 Å². The lowest BCUT2D eigenvalue weighted by Gasteiger charge is -2.29. The number of anilines is 3. The standard InChI is InChI=1S/C73H54N2/c1-47-43-70(48(2)42-63(47)72-61-29-16-14-27-59(61)71(60-28-15-17-30-62(60)72)53-32-39-58-57-26-18-19-31-66(57)73(3,4)67(58)46-53)74(54-24-12-7-13-25-54)55-35-37-56(38-36-55)75-68-40-33-51(49-20-8-5-9-21-49)44-64(68)65-45-52(34-41-69(65)75)50-22-10-6-11-23-50/h5-46H,1-4H3. The number of nitrogens with zero attached hydrogens (tertiary/aromatic N) is 2. The summed E-state index contributed by atoms with van der Waals surface area (Å²) in [4.78, 5) is 2.42. The molecule has 0 fully saturated rings. The molecule has 0 atom stereocenters. The fourth-order valence-corrected chi connectivity index (χ4v) is 12.6. The molecule has 0 amide bonds. The van der Waals surface area contributed by atoms with Crippen LogP contribution in [0.5, 0.6) is 0 Å². The lowest BCUT2D eigenvalue weighted by molar-refractivity contribution is 0.660. The highest BCUT2D eigenvalue weighted by Gasteiger charge is 2.35. The fourth-order valence-electron chi connectivity index (χ4n) is 12.6. The Morgan fingerprint density at radius 3 is 1.39 bits per heavy atom. The average molecular weight is 959 g/mol. The molecule has 0 spiro atoms. The number of hydrogen-bond acceptors (Lipinski definition) is 1. The van der Waals surface area contributed by atoms with Crippen LogP contribution in [0.1, 0.15) is 36.1 Å². The van der Waals surface area contributed by atoms with Crippen LogP contribution in [0.2, 0.25) is 0 Å². The van der Waals surface area contributed by atoms with Crippen molar-refractivity contribution in [2.45, 2.75) is 33.1 Å². The lowest BCUT2D eigenvalue weighted by Crippen LogP contribution is -2.14. The maximum absolute atomic E-state index is 2.48. The number of rotatable bonds is 8. The molecule has 14 rings (SSSR count). The van der Waals surface area contributed by atoms with Gasteiger partial charge in [0.15, 0.2) is 0 Å². The molecule has 12 aromatic carbocycles. The normalized spacial score (nSPS) is 12.6. The molecule has 1 aliphatic rings. The van der Waals surface area contributed by atoms with Gasteiger partial charge in [-0.3, -0.25) is 0 Å². The van der Waals surface area contributed by atoms with Crippen LogP contribution < -0.4 is 4.90 Å². The topological polar surface area (TPSA) is 8.17 Å². The van der Waals surface area contributed by atoms with Gasteiger partial charge in [0.2, 0.25) is 0 Å². The molecule has 1 aromatic heterocycles. The first kappa shape index (κ1) is 44.5. The maximum atomic E-state index is 2.48. The second-order valence-electron chi connectivity index (χ2n) is 20.9. The van der Waals surface area contributed by atoms with Gasteiger partial charge in [-0.1, -0.05) is 190 Å². The van der Waals surface area contributed by atoms with Gasteiger partial charge in [0.25, 0.3) is 0 Å². The highest BCUT2D eigenvalue weighted by Crippen LogP contribution is 2.52. The van der Waals surface area contributed by atoms with E-state index in [0.29, 0.717) is 0 Å². The van der Waals surface area contributed by atoms with Gasteiger partial charge in [-0.25, -0.2) is 0 Å². The summed E-state index contributed by atoms with van der Waals surface area (Å²) in [5.74, 6) is 0. The van der Waals surface area contributed by atoms with Crippen molar-refractivity contribution < 1.29 is 0 Å². The van der Waals surface area contributed by atoms with Crippen LogP contribution in [0.4, 0.5) is 17.1 Å². The third-order valence-corrected chi connectivity index (χ3v) is 16.2. The number of aryl methyl sites for hydroxylation is 2. The highest BCUT2D eigenvalue weighted by molar-refractivity contribution is 6.22. The van der Waals surface area contributed by atoms with E-state index < -0.39 is 0 Å². The van der Waals surface area contributed by atoms with Crippen molar-refractivity contribution in [3.8, 4) is 61.3 Å². The van der Waals surface area contributed by atoms with E-state index in [1.165, 1.54) is 121 Å². The van der Waals surface area contributed by atoms with Crippen LogP contribution >= 0.6 is 0 Å². The first-order chi connectivity index (χ1) is 36.8. The molecule has 0 N–H and O–H groups in total. The minimum absolute atomic E-state index is 0.0899. The molecule has 13 aromatic rings. The Balaban J connectivity index is 0.888. The fraction of sp³-hybridized carbons (Fsp3) is 0.0685. The van der Waals surface area contributed by atoms with Crippen LogP contribution in [-0.4, -0.2) is 4.57 Å². The third kappa shape index (κ3) is 7.16. The van der Waals surface area contributed by atoms with Crippen molar-refractivity contribution in [2.24, 2.45) is 0 Å². The molecule has 2 nitrogen and oxygen atoms in total. The van der Waals surface area contributed by atoms with E-state index in [4.69, 9.17) is 0 Å². The van der Waals surface area contributed by atoms with Gasteiger partial charge in [-0.15, -0.1) is 0 Å². The molecule has 2 heteroatoms. The van der Waals surface area contributed by atoms with Crippen molar-refractivity contribution in [1.82, 2.24) is 4.57 Å². The SMILES string of the molecule is Cc1cc(N(c2ccccc2)c2ccc(-n3c4ccc(-c5ccccc5)cc4c4cc(-c5ccccc5)ccc43)cc2)c(C)cc1-c1c2ccccc2c(-c2ccc3c(c2)C(C)(C)c2ccccc2-3)c2ccccc12. The molecule has 0 bridgehead atoms. The van der Waals surface area contributed by atoms with Gasteiger partial charge in [-0.2, -0.15) is 0 Å². The largest absolute Gasteiger partial charge is 0.310 e. The van der Waals surface area contributed by atoms with Crippen molar-refractivity contribution in [3.63, 3.8) is 0 Å². The molecular weight excluding hydrogens is 905 g/mol. The average Bonchev–Trinajstić information content (AvgIpc) is 3.91. The van der Waals surface area contributed by atoms with Crippen LogP contribution in [-0.2, 0) is 5.41 Å². The minimum atomic E-state index is -0.0899. The number of para-hydroxylation sites is 1. The van der Waals surface area contributed by atoms with Crippen LogP contribution in [0.15, 0.2) is 255 Å². The first-order valence-electron chi connectivity index (χ1n) is 26.2. The predicted molar refractivity (Wildman–Crippen MR) is 319 cm³/mol. The van der Waals surface area contributed by atoms with Gasteiger partial charge in [0, 0.05) is 38.9 Å². The summed E-state index contributed by atoms with van der Waals surface area (Å²) in [6.45, 7) is 9.31. The van der Waals surface area contributed by atoms with Gasteiger partial charge < -0.3 is 9.47 Å². The Morgan fingerprint density at radius 1 is 0.320 bits per heavy atom. The zero-order valence-electron chi connectivity index (χ0n) is 42.6. The van der Waals surface area contributed by atoms with Gasteiger partial charge in [-0.05, 0) is 192 Å². The molecule has 0 aliphatic heterocycles. The van der Waals surface area contributed by atoms with E-state index in [9.17, 15) is 0 Å². The molecule has 0 saturated heterocycles. The molecule has 0 saturated carbocycles. The number of aromatic nitrogens is 1. The van der Waals surface area contributed by atoms with Gasteiger partial charge in [0.1, 0.15) is 0 Å². The quantitative estimate of drug-likeness (QED) is 0.138. The van der Waals surface area contributed by atoms with E-state index >= 15 is 0 Å². The maximum Gasteiger partial charge on any atom is 0.0541 e. The summed E-state index contributed by atoms with van der Waals surface area (Å²) in [5.41, 5.74) is 24.6. The minimum Gasteiger partial charge on any atom is -0.310 e. The zero-order chi connectivity index (χ0) is 50.4.